The van der Waals surface area contributed by atoms with E-state index in [4.69, 9.17) is 66.5 Å². The molecule has 2 N–H and O–H groups in total. The average molecular weight is 1430 g/mol. The van der Waals surface area contributed by atoms with Crippen LogP contribution in [0.15, 0.2) is 0 Å². The highest BCUT2D eigenvalue weighted by Crippen LogP contribution is 2.26. The summed E-state index contributed by atoms with van der Waals surface area (Å²) in [6, 6.07) is 0. The van der Waals surface area contributed by atoms with Gasteiger partial charge in [-0.1, -0.05) is 39.3 Å². The van der Waals surface area contributed by atoms with Gasteiger partial charge in [-0.25, -0.2) is 0 Å². The molecule has 0 aliphatic carbocycles. The van der Waals surface area contributed by atoms with Crippen molar-refractivity contribution in [2.75, 3.05) is 166 Å². The summed E-state index contributed by atoms with van der Waals surface area (Å²) < 4.78 is 0. The van der Waals surface area contributed by atoms with E-state index in [9.17, 15) is 67.1 Å². The van der Waals surface area contributed by atoms with Crippen LogP contribution >= 0.6 is 66.5 Å². The van der Waals surface area contributed by atoms with Gasteiger partial charge in [-0.15, -0.1) is 0 Å². The van der Waals surface area contributed by atoms with E-state index in [0.717, 1.165) is 0 Å². The van der Waals surface area contributed by atoms with Crippen LogP contribution < -0.4 is 10.6 Å². The molecule has 7 aliphatic rings. The Kier molecular flexibility index (Phi) is 21.7. The smallest absolute Gasteiger partial charge is 0.242 e. The fourth-order valence-corrected chi connectivity index (χ4v) is 30.3. The lowest BCUT2D eigenvalue weighted by Gasteiger charge is -2.43. The Morgan fingerprint density at radius 2 is 0.349 bits per heavy atom. The Morgan fingerprint density at radius 3 is 0.477 bits per heavy atom. The molecular formula is C46H72Cl6N14O14Si6. The monoisotopic (exact) mass is 1420 g/mol. The van der Waals surface area contributed by atoms with Crippen molar-refractivity contribution in [1.29, 1.82) is 0 Å². The second-order valence-corrected chi connectivity index (χ2v) is 62.2. The first kappa shape index (κ1) is 69.1. The van der Waals surface area contributed by atoms with Gasteiger partial charge in [-0.3, -0.25) is 67.1 Å². The highest BCUT2D eigenvalue weighted by atomic mass is 35.6. The second-order valence-electron chi connectivity index (χ2n) is 25.0. The van der Waals surface area contributed by atoms with Crippen molar-refractivity contribution in [1.82, 2.24) is 69.4 Å². The molecule has 7 rings (SSSR count). The number of nitrogens with one attached hydrogen (secondary N) is 2. The molecule has 7 saturated heterocycles. The first-order valence-electron chi connectivity index (χ1n) is 27.7. The number of carbonyl (C=O) groups excluding carboxylic acids is 14. The third-order valence-electron chi connectivity index (χ3n) is 15.3. The van der Waals surface area contributed by atoms with Crippen molar-refractivity contribution < 1.29 is 67.1 Å². The van der Waals surface area contributed by atoms with Gasteiger partial charge in [0.25, 0.3) is 0 Å². The van der Waals surface area contributed by atoms with Crippen LogP contribution in [-0.4, -0.2) is 351 Å². The SMILES string of the molecule is C[Si](Cl)(CN1CC(=O)NCC1=O)CN1CC(=O)N(C[Si](C)(Cl)CN2CC(=O)N(C[Si](C)(Cl)CN3CC(=O)N(C[Si](C)(Cl)CN4CC(=O)N(C[Si](C)(Cl)CN5CC(=O)N(C[Si](C)(Cl)CN6CC(=O)NCC6=O)CC5=O)CC4=O)CC3=O)CC2=O)CC1=O. The molecule has 6 atom stereocenters. The molecule has 14 amide bonds. The van der Waals surface area contributed by atoms with E-state index in [2.05, 4.69) is 10.6 Å². The maximum Gasteiger partial charge on any atom is 0.242 e. The molecule has 6 unspecified atom stereocenters. The minimum absolute atomic E-state index is 0.00645. The summed E-state index contributed by atoms with van der Waals surface area (Å²) in [6.45, 7) is 6.76. The summed E-state index contributed by atoms with van der Waals surface area (Å²) in [4.78, 5) is 199. The maximum absolute atomic E-state index is 13.6. The minimum Gasteiger partial charge on any atom is -0.345 e. The van der Waals surface area contributed by atoms with E-state index in [0.29, 0.717) is 0 Å². The van der Waals surface area contributed by atoms with Gasteiger partial charge in [-0.2, -0.15) is 66.5 Å². The topological polar surface area (TPSA) is 302 Å². The van der Waals surface area contributed by atoms with Crippen molar-refractivity contribution in [3.05, 3.63) is 0 Å². The summed E-state index contributed by atoms with van der Waals surface area (Å²) in [5.74, 6) is -5.21. The van der Waals surface area contributed by atoms with Gasteiger partial charge in [0, 0.05) is 74.0 Å². The third kappa shape index (κ3) is 18.8. The molecule has 40 heteroatoms. The van der Waals surface area contributed by atoms with Gasteiger partial charge < -0.3 is 69.4 Å². The second kappa shape index (κ2) is 27.0. The van der Waals surface area contributed by atoms with Gasteiger partial charge in [0.15, 0.2) is 44.3 Å². The zero-order chi connectivity index (χ0) is 63.8. The van der Waals surface area contributed by atoms with Crippen molar-refractivity contribution >= 4 is 193 Å². The quantitative estimate of drug-likeness (QED) is 0.0682. The summed E-state index contributed by atoms with van der Waals surface area (Å²) >= 11 is 41.9. The molecule has 476 valence electrons. The van der Waals surface area contributed by atoms with E-state index >= 15 is 0 Å². The predicted octanol–water partition coefficient (Wildman–Crippen LogP) is -4.39. The van der Waals surface area contributed by atoms with Gasteiger partial charge in [0.1, 0.15) is 0 Å². The van der Waals surface area contributed by atoms with Crippen LogP contribution in [0.2, 0.25) is 39.3 Å². The first-order valence-corrected chi connectivity index (χ1v) is 51.2. The normalized spacial score (nSPS) is 24.3. The van der Waals surface area contributed by atoms with Crippen molar-refractivity contribution in [2.24, 2.45) is 0 Å². The molecule has 7 fully saturated rings. The molecule has 7 heterocycles. The lowest BCUT2D eigenvalue weighted by Crippen LogP contribution is -2.65. The van der Waals surface area contributed by atoms with Crippen molar-refractivity contribution in [3.63, 3.8) is 0 Å². The molecule has 0 aromatic heterocycles. The lowest BCUT2D eigenvalue weighted by atomic mass is 10.3. The van der Waals surface area contributed by atoms with Crippen LogP contribution in [0, 0.1) is 0 Å². The van der Waals surface area contributed by atoms with Crippen LogP contribution in [-0.2, 0) is 67.1 Å². The third-order valence-corrected chi connectivity index (χ3v) is 32.1. The van der Waals surface area contributed by atoms with Crippen LogP contribution in [0.25, 0.3) is 0 Å². The molecule has 0 aromatic carbocycles. The summed E-state index contributed by atoms with van der Waals surface area (Å²) in [5, 5.41) is 4.95. The van der Waals surface area contributed by atoms with Crippen LogP contribution in [0.3, 0.4) is 0 Å². The zero-order valence-electron chi connectivity index (χ0n) is 48.7. The molecule has 86 heavy (non-hydrogen) atoms. The molecule has 0 aromatic rings. The Hall–Kier alpha value is -4.38. The number of amides is 14. The fourth-order valence-electron chi connectivity index (χ4n) is 11.5. The molecule has 0 radical (unpaired) electrons. The van der Waals surface area contributed by atoms with Gasteiger partial charge in [0.2, 0.25) is 82.7 Å². The van der Waals surface area contributed by atoms with Crippen LogP contribution in [0.4, 0.5) is 0 Å². The number of hydrogen-bond acceptors (Lipinski definition) is 14. The highest BCUT2D eigenvalue weighted by Gasteiger charge is 2.48. The molecule has 0 spiro atoms. The van der Waals surface area contributed by atoms with E-state index in [1.807, 2.05) is 0 Å². The van der Waals surface area contributed by atoms with Crippen molar-refractivity contribution in [3.8, 4) is 0 Å². The van der Waals surface area contributed by atoms with Gasteiger partial charge in [-0.05, 0) is 0 Å². The summed E-state index contributed by atoms with van der Waals surface area (Å²) in [7, 11) is -18.0. The summed E-state index contributed by atoms with van der Waals surface area (Å²) in [6.07, 6.45) is 0.248. The molecular weight excluding hydrogens is 1350 g/mol. The fraction of sp³-hybridized carbons (Fsp3) is 0.696. The van der Waals surface area contributed by atoms with E-state index in [1.165, 1.54) is 58.8 Å². The lowest BCUT2D eigenvalue weighted by molar-refractivity contribution is -0.149. The Labute approximate surface area is 531 Å². The predicted molar refractivity (Wildman–Crippen MR) is 330 cm³/mol. The van der Waals surface area contributed by atoms with Crippen LogP contribution in [0.1, 0.15) is 0 Å². The minimum atomic E-state index is -3.09. The van der Waals surface area contributed by atoms with Gasteiger partial charge >= 0.3 is 0 Å². The standard InChI is InChI=1S/C46H72Cl6N14O14Si6/c1-81(47,21-55-9-33(67)53-7-35(55)69)23-57-11-39(73)59(13-37(57)71)25-83(3,49)27-61-15-43(77)63(17-41(61)75)29-85(5,51)31-65-19-46(80)66(20-45(65)79)32-86(6,52)30-64-18-42(76)62(16-44(64)78)28-84(4,50)26-60-14-38(72)58(12-40(60)74)24-82(2,48)22-56-10-34(68)54-8-36(56)70/h7-32H2,1-6H3,(H,53,67)(H,54,68). The average Bonchev–Trinajstić information content (AvgIpc) is 1.52. The van der Waals surface area contributed by atoms with E-state index < -0.39 is 79.7 Å². The Morgan fingerprint density at radius 1 is 0.233 bits per heavy atom. The molecule has 0 bridgehead atoms. The molecule has 28 nitrogen and oxygen atoms in total. The van der Waals surface area contributed by atoms with E-state index in [1.54, 1.807) is 39.3 Å². The zero-order valence-corrected chi connectivity index (χ0v) is 59.3. The van der Waals surface area contributed by atoms with Crippen molar-refractivity contribution in [2.45, 2.75) is 39.3 Å². The number of nitrogens with zero attached hydrogens (tertiary/aromatic N) is 12. The largest absolute Gasteiger partial charge is 0.345 e. The number of hydrogen-bond donors (Lipinski definition) is 2. The highest BCUT2D eigenvalue weighted by molar-refractivity contribution is 7.22. The Bertz CT molecular complexity index is 2670. The summed E-state index contributed by atoms with van der Waals surface area (Å²) in [5.41, 5.74) is 0. The maximum atomic E-state index is 13.6. The van der Waals surface area contributed by atoms with Crippen LogP contribution in [0.5, 0.6) is 0 Å². The molecule has 7 aliphatic heterocycles. The Balaban J connectivity index is 0.818. The number of rotatable bonds is 24. The van der Waals surface area contributed by atoms with Gasteiger partial charge in [0.05, 0.1) is 91.6 Å². The number of carbonyl (C=O) groups is 14. The number of piperazine rings is 7. The van der Waals surface area contributed by atoms with E-state index in [-0.39, 0.29) is 213 Å². The number of halogens is 6. The first-order chi connectivity index (χ1) is 39.7. The molecule has 0 saturated carbocycles.